The van der Waals surface area contributed by atoms with Gasteiger partial charge in [0.15, 0.2) is 6.10 Å². The van der Waals surface area contributed by atoms with Crippen LogP contribution in [0.3, 0.4) is 0 Å². The molecule has 2 unspecified atom stereocenters. The number of carbonyl (C=O) groups is 1. The molecule has 1 fully saturated rings. The molecule has 0 saturated carbocycles. The standard InChI is InChI=1S/C13H16ClNO3/c1-8-2-3-9(14)6-11(8)15-7-10-4-5-12(18-10)13(16)17/h2-3,6,10,12,15H,4-5,7H2,1H3,(H,16,17). The Kier molecular flexibility index (Phi) is 4.09. The lowest BCUT2D eigenvalue weighted by Crippen LogP contribution is -2.24. The highest BCUT2D eigenvalue weighted by atomic mass is 35.5. The van der Waals surface area contributed by atoms with E-state index in [1.54, 1.807) is 0 Å². The van der Waals surface area contributed by atoms with Gasteiger partial charge in [0.2, 0.25) is 0 Å². The summed E-state index contributed by atoms with van der Waals surface area (Å²) in [6.45, 7) is 2.60. The predicted octanol–water partition coefficient (Wildman–Crippen LogP) is 2.69. The largest absolute Gasteiger partial charge is 0.479 e. The molecule has 4 nitrogen and oxygen atoms in total. The summed E-state index contributed by atoms with van der Waals surface area (Å²) in [4.78, 5) is 10.8. The van der Waals surface area contributed by atoms with E-state index in [4.69, 9.17) is 21.4 Å². The Bertz CT molecular complexity index is 450. The second-order valence-electron chi connectivity index (χ2n) is 4.50. The van der Waals surface area contributed by atoms with Crippen molar-refractivity contribution >= 4 is 23.3 Å². The van der Waals surface area contributed by atoms with Crippen molar-refractivity contribution in [1.29, 1.82) is 0 Å². The van der Waals surface area contributed by atoms with Crippen molar-refractivity contribution in [2.75, 3.05) is 11.9 Å². The molecule has 0 radical (unpaired) electrons. The van der Waals surface area contributed by atoms with Crippen LogP contribution in [0.15, 0.2) is 18.2 Å². The van der Waals surface area contributed by atoms with Crippen LogP contribution in [-0.2, 0) is 9.53 Å². The minimum atomic E-state index is -0.878. The fourth-order valence-electron chi connectivity index (χ4n) is 2.05. The first-order valence-electron chi connectivity index (χ1n) is 5.94. The van der Waals surface area contributed by atoms with Crippen LogP contribution in [0.2, 0.25) is 5.02 Å². The lowest BCUT2D eigenvalue weighted by atomic mass is 10.1. The van der Waals surface area contributed by atoms with Gasteiger partial charge in [-0.1, -0.05) is 17.7 Å². The second-order valence-corrected chi connectivity index (χ2v) is 4.94. The zero-order valence-corrected chi connectivity index (χ0v) is 10.9. The first-order valence-corrected chi connectivity index (χ1v) is 6.32. The number of halogens is 1. The summed E-state index contributed by atoms with van der Waals surface area (Å²) >= 11 is 5.93. The van der Waals surface area contributed by atoms with Crippen LogP contribution in [0.5, 0.6) is 0 Å². The minimum absolute atomic E-state index is 0.0514. The van der Waals surface area contributed by atoms with Gasteiger partial charge in [0.25, 0.3) is 0 Å². The quantitative estimate of drug-likeness (QED) is 0.882. The molecular weight excluding hydrogens is 254 g/mol. The maximum Gasteiger partial charge on any atom is 0.332 e. The molecule has 5 heteroatoms. The van der Waals surface area contributed by atoms with Gasteiger partial charge >= 0.3 is 5.97 Å². The Hall–Kier alpha value is -1.26. The third-order valence-corrected chi connectivity index (χ3v) is 3.34. The van der Waals surface area contributed by atoms with E-state index in [0.29, 0.717) is 18.0 Å². The van der Waals surface area contributed by atoms with E-state index in [-0.39, 0.29) is 6.10 Å². The molecule has 98 valence electrons. The number of benzene rings is 1. The molecule has 2 atom stereocenters. The second kappa shape index (κ2) is 5.59. The molecule has 1 saturated heterocycles. The van der Waals surface area contributed by atoms with Gasteiger partial charge in [0.05, 0.1) is 6.10 Å². The first kappa shape index (κ1) is 13.2. The maximum atomic E-state index is 10.8. The van der Waals surface area contributed by atoms with Crippen LogP contribution in [0.25, 0.3) is 0 Å². The number of carboxylic acid groups (broad SMARTS) is 1. The van der Waals surface area contributed by atoms with Crippen molar-refractivity contribution < 1.29 is 14.6 Å². The molecule has 1 aromatic carbocycles. The van der Waals surface area contributed by atoms with Gasteiger partial charge in [-0.25, -0.2) is 4.79 Å². The molecule has 1 aliphatic heterocycles. The summed E-state index contributed by atoms with van der Waals surface area (Å²) in [5, 5.41) is 12.8. The van der Waals surface area contributed by atoms with Crippen molar-refractivity contribution in [1.82, 2.24) is 0 Å². The molecule has 2 rings (SSSR count). The Morgan fingerprint density at radius 1 is 1.56 bits per heavy atom. The van der Waals surface area contributed by atoms with Gasteiger partial charge in [-0.2, -0.15) is 0 Å². The van der Waals surface area contributed by atoms with Crippen LogP contribution in [0, 0.1) is 6.92 Å². The van der Waals surface area contributed by atoms with E-state index in [9.17, 15) is 4.79 Å². The molecule has 0 amide bonds. The fraction of sp³-hybridized carbons (Fsp3) is 0.462. The Labute approximate surface area is 111 Å². The van der Waals surface area contributed by atoms with Crippen molar-refractivity contribution in [3.05, 3.63) is 28.8 Å². The third-order valence-electron chi connectivity index (χ3n) is 3.10. The smallest absolute Gasteiger partial charge is 0.332 e. The SMILES string of the molecule is Cc1ccc(Cl)cc1NCC1CCC(C(=O)O)O1. The summed E-state index contributed by atoms with van der Waals surface area (Å²) < 4.78 is 5.42. The number of ether oxygens (including phenoxy) is 1. The molecular formula is C13H16ClNO3. The van der Waals surface area contributed by atoms with Gasteiger partial charge in [0.1, 0.15) is 0 Å². The van der Waals surface area contributed by atoms with E-state index in [1.807, 2.05) is 25.1 Å². The summed E-state index contributed by atoms with van der Waals surface area (Å²) in [6.07, 6.45) is 0.640. The molecule has 2 N–H and O–H groups in total. The Balaban J connectivity index is 1.89. The van der Waals surface area contributed by atoms with Crippen LogP contribution in [0.1, 0.15) is 18.4 Å². The Morgan fingerprint density at radius 3 is 3.00 bits per heavy atom. The molecule has 0 aromatic heterocycles. The van der Waals surface area contributed by atoms with E-state index < -0.39 is 12.1 Å². The number of nitrogens with one attached hydrogen (secondary N) is 1. The van der Waals surface area contributed by atoms with Crippen molar-refractivity contribution in [2.45, 2.75) is 32.0 Å². The molecule has 0 spiro atoms. The number of hydrogen-bond donors (Lipinski definition) is 2. The maximum absolute atomic E-state index is 10.8. The highest BCUT2D eigenvalue weighted by molar-refractivity contribution is 6.30. The predicted molar refractivity (Wildman–Crippen MR) is 70.2 cm³/mol. The summed E-state index contributed by atoms with van der Waals surface area (Å²) in [5.41, 5.74) is 2.07. The lowest BCUT2D eigenvalue weighted by Gasteiger charge is -2.15. The molecule has 1 heterocycles. The zero-order chi connectivity index (χ0) is 13.1. The molecule has 0 aliphatic carbocycles. The number of carboxylic acids is 1. The van der Waals surface area contributed by atoms with Crippen LogP contribution in [-0.4, -0.2) is 29.8 Å². The van der Waals surface area contributed by atoms with Crippen molar-refractivity contribution in [3.8, 4) is 0 Å². The van der Waals surface area contributed by atoms with Crippen LogP contribution < -0.4 is 5.32 Å². The molecule has 18 heavy (non-hydrogen) atoms. The van der Waals surface area contributed by atoms with Crippen molar-refractivity contribution in [3.63, 3.8) is 0 Å². The normalized spacial score (nSPS) is 23.0. The van der Waals surface area contributed by atoms with Crippen LogP contribution >= 0.6 is 11.6 Å². The number of aryl methyl sites for hydroxylation is 1. The Morgan fingerprint density at radius 2 is 2.33 bits per heavy atom. The van der Waals surface area contributed by atoms with E-state index in [2.05, 4.69) is 5.32 Å². The minimum Gasteiger partial charge on any atom is -0.479 e. The zero-order valence-electron chi connectivity index (χ0n) is 10.1. The van der Waals surface area contributed by atoms with Gasteiger partial charge in [0, 0.05) is 17.3 Å². The van der Waals surface area contributed by atoms with E-state index >= 15 is 0 Å². The number of aliphatic carboxylic acids is 1. The topological polar surface area (TPSA) is 58.6 Å². The molecule has 1 aromatic rings. The summed E-state index contributed by atoms with van der Waals surface area (Å²) in [5.74, 6) is -0.878. The van der Waals surface area contributed by atoms with Gasteiger partial charge in [-0.15, -0.1) is 0 Å². The third kappa shape index (κ3) is 3.15. The number of hydrogen-bond acceptors (Lipinski definition) is 3. The lowest BCUT2D eigenvalue weighted by molar-refractivity contribution is -0.149. The fourth-order valence-corrected chi connectivity index (χ4v) is 2.22. The average Bonchev–Trinajstić information content (AvgIpc) is 2.79. The van der Waals surface area contributed by atoms with Gasteiger partial charge < -0.3 is 15.2 Å². The van der Waals surface area contributed by atoms with Gasteiger partial charge in [-0.05, 0) is 37.5 Å². The summed E-state index contributed by atoms with van der Waals surface area (Å²) in [6, 6.07) is 5.65. The number of rotatable bonds is 4. The monoisotopic (exact) mass is 269 g/mol. The average molecular weight is 270 g/mol. The molecule has 0 bridgehead atoms. The highest BCUT2D eigenvalue weighted by Gasteiger charge is 2.30. The van der Waals surface area contributed by atoms with E-state index in [1.165, 1.54) is 0 Å². The van der Waals surface area contributed by atoms with Crippen molar-refractivity contribution in [2.24, 2.45) is 0 Å². The van der Waals surface area contributed by atoms with Crippen LogP contribution in [0.4, 0.5) is 5.69 Å². The van der Waals surface area contributed by atoms with E-state index in [0.717, 1.165) is 17.7 Å². The first-order chi connectivity index (χ1) is 8.56. The summed E-state index contributed by atoms with van der Waals surface area (Å²) in [7, 11) is 0. The highest BCUT2D eigenvalue weighted by Crippen LogP contribution is 2.23. The number of anilines is 1. The molecule has 1 aliphatic rings. The van der Waals surface area contributed by atoms with Gasteiger partial charge in [-0.3, -0.25) is 0 Å².